The van der Waals surface area contributed by atoms with Crippen LogP contribution in [0.1, 0.15) is 11.4 Å². The lowest BCUT2D eigenvalue weighted by molar-refractivity contribution is 0.0996. The van der Waals surface area contributed by atoms with Gasteiger partial charge in [-0.3, -0.25) is 4.57 Å². The summed E-state index contributed by atoms with van der Waals surface area (Å²) in [4.78, 5) is 11.1. The van der Waals surface area contributed by atoms with Crippen LogP contribution in [0.5, 0.6) is 0 Å². The van der Waals surface area contributed by atoms with E-state index in [1.165, 1.54) is 4.57 Å². The number of ether oxygens (including phenoxy) is 1. The first-order valence-electron chi connectivity index (χ1n) is 4.99. The summed E-state index contributed by atoms with van der Waals surface area (Å²) < 4.78 is 6.89. The molecule has 2 rings (SSSR count). The van der Waals surface area contributed by atoms with E-state index in [0.717, 1.165) is 5.56 Å². The fraction of sp³-hybridized carbons (Fsp3) is 0.273. The molecule has 2 aromatic rings. The normalized spacial score (nSPS) is 10.6. The maximum Gasteiger partial charge on any atom is 0.343 e. The summed E-state index contributed by atoms with van der Waals surface area (Å²) in [5, 5.41) is 6.21. The average molecular weight is 219 g/mol. The van der Waals surface area contributed by atoms with Crippen molar-refractivity contribution in [1.82, 2.24) is 14.8 Å². The van der Waals surface area contributed by atoms with Crippen molar-refractivity contribution in [3.63, 3.8) is 0 Å². The molecule has 1 aromatic heterocycles. The second-order valence-corrected chi connectivity index (χ2v) is 3.48. The van der Waals surface area contributed by atoms with Crippen LogP contribution in [0.25, 0.3) is 0 Å². The second-order valence-electron chi connectivity index (χ2n) is 3.48. The first kappa shape index (κ1) is 10.6. The Hall–Kier alpha value is -1.88. The van der Waals surface area contributed by atoms with Crippen LogP contribution in [0.2, 0.25) is 0 Å². The molecule has 0 aliphatic rings. The number of hydrogen-bond donors (Lipinski definition) is 1. The van der Waals surface area contributed by atoms with Crippen molar-refractivity contribution in [3.8, 4) is 0 Å². The molecular formula is C11H13N3O2. The van der Waals surface area contributed by atoms with Crippen LogP contribution in [-0.4, -0.2) is 14.8 Å². The highest BCUT2D eigenvalue weighted by Gasteiger charge is 2.03. The zero-order valence-corrected chi connectivity index (χ0v) is 9.01. The van der Waals surface area contributed by atoms with Crippen LogP contribution in [-0.2, 0) is 25.0 Å². The number of aromatic amines is 1. The minimum Gasteiger partial charge on any atom is -0.369 e. The van der Waals surface area contributed by atoms with Crippen LogP contribution in [0.4, 0.5) is 0 Å². The third-order valence-electron chi connectivity index (χ3n) is 2.32. The molecule has 0 saturated heterocycles. The summed E-state index contributed by atoms with van der Waals surface area (Å²) in [6.07, 6.45) is 0. The third kappa shape index (κ3) is 2.38. The maximum absolute atomic E-state index is 11.1. The third-order valence-corrected chi connectivity index (χ3v) is 2.32. The molecule has 1 heterocycles. The summed E-state index contributed by atoms with van der Waals surface area (Å²) in [5.41, 5.74) is 0.876. The van der Waals surface area contributed by atoms with Crippen molar-refractivity contribution in [2.45, 2.75) is 13.2 Å². The van der Waals surface area contributed by atoms with Gasteiger partial charge in [0.2, 0.25) is 0 Å². The molecule has 0 unspecified atom stereocenters. The zero-order chi connectivity index (χ0) is 11.4. The molecule has 0 atom stereocenters. The lowest BCUT2D eigenvalue weighted by atomic mass is 10.2. The Morgan fingerprint density at radius 1 is 1.31 bits per heavy atom. The van der Waals surface area contributed by atoms with Gasteiger partial charge in [-0.25, -0.2) is 9.89 Å². The smallest absolute Gasteiger partial charge is 0.343 e. The topological polar surface area (TPSA) is 59.9 Å². The average Bonchev–Trinajstić information content (AvgIpc) is 2.62. The van der Waals surface area contributed by atoms with Crippen LogP contribution in [0, 0.1) is 0 Å². The van der Waals surface area contributed by atoms with Crippen molar-refractivity contribution >= 4 is 0 Å². The van der Waals surface area contributed by atoms with Crippen LogP contribution < -0.4 is 5.69 Å². The van der Waals surface area contributed by atoms with Gasteiger partial charge in [0.15, 0.2) is 5.82 Å². The Morgan fingerprint density at radius 2 is 2.06 bits per heavy atom. The van der Waals surface area contributed by atoms with Crippen molar-refractivity contribution in [2.75, 3.05) is 0 Å². The van der Waals surface area contributed by atoms with Crippen molar-refractivity contribution in [1.29, 1.82) is 0 Å². The number of hydrogen-bond acceptors (Lipinski definition) is 3. The lowest BCUT2D eigenvalue weighted by Crippen LogP contribution is -2.14. The molecule has 0 aliphatic carbocycles. The van der Waals surface area contributed by atoms with Gasteiger partial charge in [-0.2, -0.15) is 5.10 Å². The number of rotatable bonds is 4. The Balaban J connectivity index is 1.89. The fourth-order valence-electron chi connectivity index (χ4n) is 1.34. The predicted molar refractivity (Wildman–Crippen MR) is 58.8 cm³/mol. The van der Waals surface area contributed by atoms with Crippen LogP contribution in [0.15, 0.2) is 35.1 Å². The van der Waals surface area contributed by atoms with Gasteiger partial charge in [0.1, 0.15) is 6.61 Å². The Morgan fingerprint density at radius 3 is 2.69 bits per heavy atom. The van der Waals surface area contributed by atoms with E-state index in [1.807, 2.05) is 30.3 Å². The monoisotopic (exact) mass is 219 g/mol. The minimum atomic E-state index is -0.224. The van der Waals surface area contributed by atoms with Gasteiger partial charge >= 0.3 is 5.69 Å². The SMILES string of the molecule is Cn1c(COCc2ccccc2)n[nH]c1=O. The molecule has 0 aliphatic heterocycles. The molecule has 16 heavy (non-hydrogen) atoms. The van der Waals surface area contributed by atoms with Crippen LogP contribution >= 0.6 is 0 Å². The standard InChI is InChI=1S/C11H13N3O2/c1-14-10(12-13-11(14)15)8-16-7-9-5-3-2-4-6-9/h2-6H,7-8H2,1H3,(H,13,15). The molecule has 1 aromatic carbocycles. The number of aromatic nitrogens is 3. The van der Waals surface area contributed by atoms with E-state index in [4.69, 9.17) is 4.74 Å². The maximum atomic E-state index is 11.1. The number of H-pyrrole nitrogens is 1. The first-order valence-corrected chi connectivity index (χ1v) is 4.99. The summed E-state index contributed by atoms with van der Waals surface area (Å²) in [6, 6.07) is 9.86. The molecule has 0 amide bonds. The highest BCUT2D eigenvalue weighted by atomic mass is 16.5. The molecule has 0 spiro atoms. The second kappa shape index (κ2) is 4.76. The Bertz CT molecular complexity index is 501. The van der Waals surface area contributed by atoms with E-state index in [0.29, 0.717) is 19.0 Å². The summed E-state index contributed by atoms with van der Waals surface area (Å²) >= 11 is 0. The van der Waals surface area contributed by atoms with Gasteiger partial charge in [0.05, 0.1) is 6.61 Å². The zero-order valence-electron chi connectivity index (χ0n) is 9.01. The molecule has 84 valence electrons. The molecular weight excluding hydrogens is 206 g/mol. The highest BCUT2D eigenvalue weighted by molar-refractivity contribution is 5.13. The van der Waals surface area contributed by atoms with Gasteiger partial charge in [0, 0.05) is 7.05 Å². The minimum absolute atomic E-state index is 0.224. The summed E-state index contributed by atoms with van der Waals surface area (Å²) in [7, 11) is 1.66. The Labute approximate surface area is 92.7 Å². The number of nitrogens with one attached hydrogen (secondary N) is 1. The van der Waals surface area contributed by atoms with Gasteiger partial charge in [0.25, 0.3) is 0 Å². The lowest BCUT2D eigenvalue weighted by Gasteiger charge is -2.03. The van der Waals surface area contributed by atoms with E-state index >= 15 is 0 Å². The molecule has 0 bridgehead atoms. The van der Waals surface area contributed by atoms with E-state index in [9.17, 15) is 4.79 Å². The first-order chi connectivity index (χ1) is 7.77. The largest absolute Gasteiger partial charge is 0.369 e. The van der Waals surface area contributed by atoms with Crippen molar-refractivity contribution in [3.05, 3.63) is 52.2 Å². The van der Waals surface area contributed by atoms with E-state index in [1.54, 1.807) is 7.05 Å². The number of nitrogens with zero attached hydrogens (tertiary/aromatic N) is 2. The quantitative estimate of drug-likeness (QED) is 0.828. The van der Waals surface area contributed by atoms with E-state index < -0.39 is 0 Å². The fourth-order valence-corrected chi connectivity index (χ4v) is 1.34. The summed E-state index contributed by atoms with van der Waals surface area (Å²) in [6.45, 7) is 0.839. The molecule has 0 saturated carbocycles. The molecule has 0 fully saturated rings. The Kier molecular flexibility index (Phi) is 3.16. The molecule has 1 N–H and O–H groups in total. The van der Waals surface area contributed by atoms with Gasteiger partial charge in [-0.15, -0.1) is 0 Å². The molecule has 0 radical (unpaired) electrons. The molecule has 5 nitrogen and oxygen atoms in total. The van der Waals surface area contributed by atoms with Crippen molar-refractivity contribution in [2.24, 2.45) is 7.05 Å². The van der Waals surface area contributed by atoms with Gasteiger partial charge in [-0.05, 0) is 5.56 Å². The number of benzene rings is 1. The predicted octanol–water partition coefficient (Wildman–Crippen LogP) is 0.825. The van der Waals surface area contributed by atoms with Gasteiger partial charge < -0.3 is 4.74 Å². The van der Waals surface area contributed by atoms with Gasteiger partial charge in [-0.1, -0.05) is 30.3 Å². The van der Waals surface area contributed by atoms with Crippen molar-refractivity contribution < 1.29 is 4.74 Å². The van der Waals surface area contributed by atoms with E-state index in [-0.39, 0.29) is 5.69 Å². The summed E-state index contributed by atoms with van der Waals surface area (Å²) in [5.74, 6) is 0.598. The highest BCUT2D eigenvalue weighted by Crippen LogP contribution is 2.02. The molecule has 5 heteroatoms. The van der Waals surface area contributed by atoms with Crippen LogP contribution in [0.3, 0.4) is 0 Å². The van der Waals surface area contributed by atoms with E-state index in [2.05, 4.69) is 10.2 Å².